The van der Waals surface area contributed by atoms with Crippen molar-refractivity contribution in [2.24, 2.45) is 16.8 Å². The Morgan fingerprint density at radius 3 is 2.44 bits per heavy atom. The van der Waals surface area contributed by atoms with Gasteiger partial charge in [-0.05, 0) is 80.9 Å². The van der Waals surface area contributed by atoms with Crippen LogP contribution < -0.4 is 0 Å². The largest absolute Gasteiger partial charge is 0.475 e. The molecule has 1 atom stereocenters. The summed E-state index contributed by atoms with van der Waals surface area (Å²) in [5.41, 5.74) is 2.63. The van der Waals surface area contributed by atoms with Gasteiger partial charge in [0.05, 0.1) is 6.04 Å². The Hall–Kier alpha value is -1.57. The second-order valence-electron chi connectivity index (χ2n) is 8.04. The fourth-order valence-electron chi connectivity index (χ4n) is 4.07. The van der Waals surface area contributed by atoms with Crippen molar-refractivity contribution in [3.8, 4) is 0 Å². The molecule has 0 N–H and O–H groups in total. The van der Waals surface area contributed by atoms with Crippen LogP contribution in [0.15, 0.2) is 41.4 Å². The molecule has 1 aromatic rings. The Kier molecular flexibility index (Phi) is 6.34. The van der Waals surface area contributed by atoms with E-state index in [1.807, 2.05) is 0 Å². The predicted molar refractivity (Wildman–Crippen MR) is 106 cm³/mol. The fraction of sp³-hybridized carbons (Fsp3) is 0.609. The summed E-state index contributed by atoms with van der Waals surface area (Å²) in [5.74, 6) is 3.04. The number of aliphatic imine (C=N–C) groups is 1. The highest BCUT2D eigenvalue weighted by Crippen LogP contribution is 2.37. The van der Waals surface area contributed by atoms with Gasteiger partial charge in [-0.25, -0.2) is 4.99 Å². The van der Waals surface area contributed by atoms with Crippen LogP contribution in [0, 0.1) is 11.8 Å². The zero-order valence-corrected chi connectivity index (χ0v) is 16.1. The Labute approximate surface area is 153 Å². The molecule has 136 valence electrons. The minimum Gasteiger partial charge on any atom is -0.475 e. The third-order valence-electron chi connectivity index (χ3n) is 5.90. The van der Waals surface area contributed by atoms with E-state index in [4.69, 9.17) is 9.73 Å². The van der Waals surface area contributed by atoms with E-state index >= 15 is 0 Å². The van der Waals surface area contributed by atoms with Gasteiger partial charge in [0, 0.05) is 5.56 Å². The topological polar surface area (TPSA) is 21.6 Å². The summed E-state index contributed by atoms with van der Waals surface area (Å²) in [5, 5.41) is 0. The van der Waals surface area contributed by atoms with E-state index < -0.39 is 0 Å². The molecule has 2 nitrogen and oxygen atoms in total. The molecule has 0 spiro atoms. The lowest BCUT2D eigenvalue weighted by Crippen LogP contribution is -2.13. The summed E-state index contributed by atoms with van der Waals surface area (Å²) in [6.07, 6.45) is 12.5. The third kappa shape index (κ3) is 4.74. The highest BCUT2D eigenvalue weighted by molar-refractivity contribution is 5.95. The number of rotatable bonds is 6. The molecule has 2 aliphatic rings. The molecule has 0 aromatic heterocycles. The van der Waals surface area contributed by atoms with Crippen molar-refractivity contribution in [3.63, 3.8) is 0 Å². The van der Waals surface area contributed by atoms with E-state index in [1.165, 1.54) is 44.1 Å². The highest BCUT2D eigenvalue weighted by Gasteiger charge is 2.24. The van der Waals surface area contributed by atoms with Crippen LogP contribution in [0.2, 0.25) is 0 Å². The van der Waals surface area contributed by atoms with Crippen LogP contribution in [0.25, 0.3) is 0 Å². The highest BCUT2D eigenvalue weighted by atomic mass is 16.5. The Balaban J connectivity index is 1.54. The summed E-state index contributed by atoms with van der Waals surface area (Å²) in [6, 6.07) is 9.32. The first-order chi connectivity index (χ1) is 12.2. The Morgan fingerprint density at radius 2 is 1.84 bits per heavy atom. The van der Waals surface area contributed by atoms with Crippen molar-refractivity contribution in [2.75, 3.05) is 6.61 Å². The van der Waals surface area contributed by atoms with Gasteiger partial charge in [-0.3, -0.25) is 0 Å². The monoisotopic (exact) mass is 339 g/mol. The van der Waals surface area contributed by atoms with E-state index in [0.717, 1.165) is 29.9 Å². The average molecular weight is 340 g/mol. The zero-order chi connectivity index (χ0) is 17.6. The molecule has 0 saturated heterocycles. The second-order valence-corrected chi connectivity index (χ2v) is 8.04. The molecule has 0 unspecified atom stereocenters. The first kappa shape index (κ1) is 18.2. The van der Waals surface area contributed by atoms with E-state index in [-0.39, 0.29) is 0 Å². The van der Waals surface area contributed by atoms with Crippen LogP contribution in [0.1, 0.15) is 76.3 Å². The summed E-state index contributed by atoms with van der Waals surface area (Å²) in [6.45, 7) is 7.26. The van der Waals surface area contributed by atoms with Crippen LogP contribution in [-0.2, 0) is 4.74 Å². The van der Waals surface area contributed by atoms with Gasteiger partial charge in [-0.15, -0.1) is 0 Å². The fourth-order valence-corrected chi connectivity index (χ4v) is 4.07. The van der Waals surface area contributed by atoms with E-state index in [0.29, 0.717) is 12.0 Å². The SMILES string of the molecule is CC=CCCC1CCC(c2ccc(C3=N[C@@H](C(C)C)CO3)cc2)CC1. The maximum absolute atomic E-state index is 5.80. The molecule has 1 heterocycles. The molecule has 0 radical (unpaired) electrons. The first-order valence-corrected chi connectivity index (χ1v) is 10.1. The van der Waals surface area contributed by atoms with Crippen LogP contribution in [0.5, 0.6) is 0 Å². The van der Waals surface area contributed by atoms with Gasteiger partial charge >= 0.3 is 0 Å². The van der Waals surface area contributed by atoms with Gasteiger partial charge < -0.3 is 4.74 Å². The van der Waals surface area contributed by atoms with E-state index in [1.54, 1.807) is 0 Å². The molecule has 25 heavy (non-hydrogen) atoms. The molecule has 0 amide bonds. The standard InChI is InChI=1S/C23H33NO/c1-4-5-6-7-18-8-10-19(11-9-18)20-12-14-21(15-13-20)23-24-22(16-25-23)17(2)3/h4-5,12-15,17-19,22H,6-11,16H2,1-3H3/t18?,19?,22-/m1/s1. The van der Waals surface area contributed by atoms with Crippen LogP contribution in [0.3, 0.4) is 0 Å². The van der Waals surface area contributed by atoms with Crippen molar-refractivity contribution in [1.29, 1.82) is 0 Å². The molecular weight excluding hydrogens is 306 g/mol. The Bertz CT molecular complexity index is 591. The number of allylic oxidation sites excluding steroid dienone is 2. The number of hydrogen-bond donors (Lipinski definition) is 0. The lowest BCUT2D eigenvalue weighted by atomic mass is 9.77. The maximum atomic E-state index is 5.80. The van der Waals surface area contributed by atoms with Gasteiger partial charge in [0.15, 0.2) is 0 Å². The molecule has 1 aliphatic heterocycles. The van der Waals surface area contributed by atoms with Gasteiger partial charge in [0.1, 0.15) is 6.61 Å². The number of nitrogens with zero attached hydrogens (tertiary/aromatic N) is 1. The molecule has 0 bridgehead atoms. The molecule has 3 rings (SSSR count). The summed E-state index contributed by atoms with van der Waals surface area (Å²) < 4.78 is 5.80. The molecule has 1 aliphatic carbocycles. The van der Waals surface area contributed by atoms with Crippen LogP contribution >= 0.6 is 0 Å². The summed E-state index contributed by atoms with van der Waals surface area (Å²) in [7, 11) is 0. The van der Waals surface area contributed by atoms with Gasteiger partial charge in [-0.1, -0.05) is 38.1 Å². The molecule has 1 saturated carbocycles. The maximum Gasteiger partial charge on any atom is 0.216 e. The minimum absolute atomic E-state index is 0.313. The molecule has 1 aromatic carbocycles. The number of benzene rings is 1. The normalized spacial score (nSPS) is 26.9. The van der Waals surface area contributed by atoms with Crippen molar-refractivity contribution in [2.45, 2.75) is 71.3 Å². The Morgan fingerprint density at radius 1 is 1.12 bits per heavy atom. The quantitative estimate of drug-likeness (QED) is 0.572. The first-order valence-electron chi connectivity index (χ1n) is 10.1. The number of hydrogen-bond acceptors (Lipinski definition) is 2. The average Bonchev–Trinajstić information content (AvgIpc) is 3.13. The minimum atomic E-state index is 0.313. The number of ether oxygens (including phenoxy) is 1. The smallest absolute Gasteiger partial charge is 0.216 e. The van der Waals surface area contributed by atoms with Crippen molar-refractivity contribution in [3.05, 3.63) is 47.5 Å². The third-order valence-corrected chi connectivity index (χ3v) is 5.90. The summed E-state index contributed by atoms with van der Waals surface area (Å²) in [4.78, 5) is 4.73. The lowest BCUT2D eigenvalue weighted by Gasteiger charge is -2.28. The van der Waals surface area contributed by atoms with Crippen LogP contribution in [0.4, 0.5) is 0 Å². The predicted octanol–water partition coefficient (Wildman–Crippen LogP) is 6.12. The van der Waals surface area contributed by atoms with Crippen molar-refractivity contribution >= 4 is 5.90 Å². The zero-order valence-electron chi connectivity index (χ0n) is 16.1. The molecule has 1 fully saturated rings. The second kappa shape index (κ2) is 8.69. The summed E-state index contributed by atoms with van der Waals surface area (Å²) >= 11 is 0. The van der Waals surface area contributed by atoms with Gasteiger partial charge in [0.25, 0.3) is 0 Å². The molecular formula is C23H33NO. The van der Waals surface area contributed by atoms with E-state index in [9.17, 15) is 0 Å². The van der Waals surface area contributed by atoms with Crippen LogP contribution in [-0.4, -0.2) is 18.5 Å². The van der Waals surface area contributed by atoms with Crippen molar-refractivity contribution in [1.82, 2.24) is 0 Å². The van der Waals surface area contributed by atoms with Gasteiger partial charge in [0.2, 0.25) is 5.90 Å². The molecule has 2 heteroatoms. The van der Waals surface area contributed by atoms with Crippen molar-refractivity contribution < 1.29 is 4.74 Å². The lowest BCUT2D eigenvalue weighted by molar-refractivity contribution is 0.292. The van der Waals surface area contributed by atoms with E-state index in [2.05, 4.69) is 57.2 Å². The van der Waals surface area contributed by atoms with Gasteiger partial charge in [-0.2, -0.15) is 0 Å².